The van der Waals surface area contributed by atoms with Gasteiger partial charge in [-0.25, -0.2) is 0 Å². The summed E-state index contributed by atoms with van der Waals surface area (Å²) in [5.74, 6) is 1.75. The molecule has 1 atom stereocenters. The lowest BCUT2D eigenvalue weighted by atomic mass is 9.77. The van der Waals surface area contributed by atoms with Gasteiger partial charge in [-0.15, -0.1) is 0 Å². The molecule has 0 aromatic carbocycles. The third-order valence-electron chi connectivity index (χ3n) is 3.17. The Morgan fingerprint density at radius 3 is 2.79 bits per heavy atom. The van der Waals surface area contributed by atoms with Gasteiger partial charge in [-0.05, 0) is 25.7 Å². The minimum atomic E-state index is -0.296. The molecule has 0 bridgehead atoms. The lowest BCUT2D eigenvalue weighted by Gasteiger charge is -2.34. The summed E-state index contributed by atoms with van der Waals surface area (Å²) in [6.45, 7) is 4.19. The molecule has 1 heterocycles. The van der Waals surface area contributed by atoms with Crippen molar-refractivity contribution in [1.82, 2.24) is 10.1 Å². The van der Waals surface area contributed by atoms with Crippen LogP contribution in [0.2, 0.25) is 0 Å². The van der Waals surface area contributed by atoms with Gasteiger partial charge in [-0.2, -0.15) is 4.98 Å². The third-order valence-corrected chi connectivity index (χ3v) is 3.17. The molecular weight excluding hydrogens is 178 g/mol. The maximum Gasteiger partial charge on any atom is 0.229 e. The van der Waals surface area contributed by atoms with Crippen LogP contribution in [-0.2, 0) is 5.54 Å². The van der Waals surface area contributed by atoms with Crippen molar-refractivity contribution >= 4 is 0 Å². The van der Waals surface area contributed by atoms with Gasteiger partial charge in [0.25, 0.3) is 0 Å². The molecule has 1 aromatic rings. The van der Waals surface area contributed by atoms with Crippen molar-refractivity contribution in [2.24, 2.45) is 5.73 Å². The molecule has 2 rings (SSSR count). The Kier molecular flexibility index (Phi) is 2.31. The molecule has 1 aromatic heterocycles. The fourth-order valence-corrected chi connectivity index (χ4v) is 1.59. The zero-order chi connectivity index (χ0) is 10.2. The molecule has 1 aliphatic carbocycles. The van der Waals surface area contributed by atoms with Crippen molar-refractivity contribution in [2.45, 2.75) is 51.0 Å². The van der Waals surface area contributed by atoms with E-state index in [2.05, 4.69) is 24.0 Å². The Balaban J connectivity index is 2.17. The predicted molar refractivity (Wildman–Crippen MR) is 52.7 cm³/mol. The molecule has 14 heavy (non-hydrogen) atoms. The second-order valence-electron chi connectivity index (χ2n) is 4.28. The summed E-state index contributed by atoms with van der Waals surface area (Å²) in [6.07, 6.45) is 4.14. The highest BCUT2D eigenvalue weighted by atomic mass is 16.5. The van der Waals surface area contributed by atoms with Crippen LogP contribution in [0.25, 0.3) is 0 Å². The lowest BCUT2D eigenvalue weighted by Crippen LogP contribution is -2.44. The van der Waals surface area contributed by atoms with Crippen LogP contribution in [0, 0.1) is 0 Å². The molecule has 2 N–H and O–H groups in total. The van der Waals surface area contributed by atoms with E-state index < -0.39 is 0 Å². The van der Waals surface area contributed by atoms with Gasteiger partial charge in [-0.1, -0.05) is 19.0 Å². The van der Waals surface area contributed by atoms with E-state index >= 15 is 0 Å². The zero-order valence-electron chi connectivity index (χ0n) is 8.79. The molecule has 1 saturated carbocycles. The van der Waals surface area contributed by atoms with Gasteiger partial charge in [0.1, 0.15) is 0 Å². The minimum absolute atomic E-state index is 0.296. The Labute approximate surface area is 83.9 Å². The topological polar surface area (TPSA) is 64.9 Å². The Morgan fingerprint density at radius 2 is 2.29 bits per heavy atom. The standard InChI is InChI=1S/C10H17N3O/c1-3-7(2)8-12-9(13-14-8)10(11)5-4-6-10/h7H,3-6,11H2,1-2H3. The van der Waals surface area contributed by atoms with Gasteiger partial charge in [0.15, 0.2) is 5.82 Å². The van der Waals surface area contributed by atoms with E-state index in [4.69, 9.17) is 10.3 Å². The number of nitrogens with two attached hydrogens (primary N) is 1. The Morgan fingerprint density at radius 1 is 1.57 bits per heavy atom. The summed E-state index contributed by atoms with van der Waals surface area (Å²) in [4.78, 5) is 4.37. The number of hydrogen-bond donors (Lipinski definition) is 1. The van der Waals surface area contributed by atoms with E-state index in [1.54, 1.807) is 0 Å². The van der Waals surface area contributed by atoms with Crippen LogP contribution in [-0.4, -0.2) is 10.1 Å². The summed E-state index contributed by atoms with van der Waals surface area (Å²) in [7, 11) is 0. The molecule has 0 spiro atoms. The van der Waals surface area contributed by atoms with E-state index in [1.165, 1.54) is 6.42 Å². The second kappa shape index (κ2) is 3.35. The molecule has 0 radical (unpaired) electrons. The molecule has 4 heteroatoms. The van der Waals surface area contributed by atoms with Gasteiger partial charge in [0.05, 0.1) is 5.54 Å². The molecule has 1 unspecified atom stereocenters. The fraction of sp³-hybridized carbons (Fsp3) is 0.800. The van der Waals surface area contributed by atoms with Crippen molar-refractivity contribution in [1.29, 1.82) is 0 Å². The van der Waals surface area contributed by atoms with Crippen LogP contribution in [0.15, 0.2) is 4.52 Å². The van der Waals surface area contributed by atoms with Crippen molar-refractivity contribution < 1.29 is 4.52 Å². The molecule has 1 fully saturated rings. The second-order valence-corrected chi connectivity index (χ2v) is 4.28. The molecule has 78 valence electrons. The monoisotopic (exact) mass is 195 g/mol. The van der Waals surface area contributed by atoms with Crippen molar-refractivity contribution in [3.8, 4) is 0 Å². The van der Waals surface area contributed by atoms with Gasteiger partial charge < -0.3 is 10.3 Å². The average Bonchev–Trinajstić information content (AvgIpc) is 2.62. The van der Waals surface area contributed by atoms with Crippen LogP contribution in [0.1, 0.15) is 57.2 Å². The molecule has 0 saturated heterocycles. The maximum absolute atomic E-state index is 6.09. The lowest BCUT2D eigenvalue weighted by molar-refractivity contribution is 0.228. The first kappa shape index (κ1) is 9.65. The zero-order valence-corrected chi connectivity index (χ0v) is 8.79. The quantitative estimate of drug-likeness (QED) is 0.800. The highest BCUT2D eigenvalue weighted by molar-refractivity contribution is 5.09. The van der Waals surface area contributed by atoms with Crippen molar-refractivity contribution in [3.05, 3.63) is 11.7 Å². The van der Waals surface area contributed by atoms with Gasteiger partial charge in [0, 0.05) is 5.92 Å². The Hall–Kier alpha value is -0.900. The molecule has 0 aliphatic heterocycles. The maximum atomic E-state index is 6.09. The van der Waals surface area contributed by atoms with Gasteiger partial charge >= 0.3 is 0 Å². The van der Waals surface area contributed by atoms with Crippen molar-refractivity contribution in [3.63, 3.8) is 0 Å². The normalized spacial score (nSPS) is 21.6. The number of rotatable bonds is 3. The molecule has 1 aliphatic rings. The predicted octanol–water partition coefficient (Wildman–Crippen LogP) is 1.92. The molecular formula is C10H17N3O. The summed E-state index contributed by atoms with van der Waals surface area (Å²) in [5.41, 5.74) is 5.80. The van der Waals surface area contributed by atoms with E-state index in [1.807, 2.05) is 0 Å². The van der Waals surface area contributed by atoms with Crippen LogP contribution in [0.4, 0.5) is 0 Å². The molecule has 0 amide bonds. The van der Waals surface area contributed by atoms with Crippen LogP contribution in [0.3, 0.4) is 0 Å². The largest absolute Gasteiger partial charge is 0.339 e. The summed E-state index contributed by atoms with van der Waals surface area (Å²) < 4.78 is 5.20. The highest BCUT2D eigenvalue weighted by Crippen LogP contribution is 2.37. The minimum Gasteiger partial charge on any atom is -0.339 e. The first-order valence-electron chi connectivity index (χ1n) is 5.28. The first-order valence-corrected chi connectivity index (χ1v) is 5.28. The van der Waals surface area contributed by atoms with Gasteiger partial charge in [-0.3, -0.25) is 0 Å². The highest BCUT2D eigenvalue weighted by Gasteiger charge is 2.39. The van der Waals surface area contributed by atoms with Crippen LogP contribution >= 0.6 is 0 Å². The van der Waals surface area contributed by atoms with E-state index in [0.29, 0.717) is 11.7 Å². The van der Waals surface area contributed by atoms with Crippen molar-refractivity contribution in [2.75, 3.05) is 0 Å². The summed E-state index contributed by atoms with van der Waals surface area (Å²) in [6, 6.07) is 0. The van der Waals surface area contributed by atoms with Gasteiger partial charge in [0.2, 0.25) is 5.89 Å². The average molecular weight is 195 g/mol. The Bertz CT molecular complexity index is 317. The summed E-state index contributed by atoms with van der Waals surface area (Å²) in [5, 5.41) is 3.97. The first-order chi connectivity index (χ1) is 6.65. The number of aromatic nitrogens is 2. The van der Waals surface area contributed by atoms with E-state index in [9.17, 15) is 0 Å². The van der Waals surface area contributed by atoms with Crippen LogP contribution in [0.5, 0.6) is 0 Å². The number of nitrogens with zero attached hydrogens (tertiary/aromatic N) is 2. The van der Waals surface area contributed by atoms with Crippen LogP contribution < -0.4 is 5.73 Å². The van der Waals surface area contributed by atoms with E-state index in [-0.39, 0.29) is 5.54 Å². The smallest absolute Gasteiger partial charge is 0.229 e. The SMILES string of the molecule is CCC(C)c1nc(C2(N)CCC2)no1. The third kappa shape index (κ3) is 1.43. The van der Waals surface area contributed by atoms with E-state index in [0.717, 1.165) is 25.2 Å². The fourth-order valence-electron chi connectivity index (χ4n) is 1.59. The number of hydrogen-bond acceptors (Lipinski definition) is 4. The summed E-state index contributed by atoms with van der Waals surface area (Å²) >= 11 is 0. The molecule has 4 nitrogen and oxygen atoms in total.